The van der Waals surface area contributed by atoms with E-state index in [1.807, 2.05) is 24.3 Å². The lowest BCUT2D eigenvalue weighted by Gasteiger charge is -2.12. The molecule has 0 saturated heterocycles. The van der Waals surface area contributed by atoms with Crippen molar-refractivity contribution in [2.24, 2.45) is 0 Å². The number of para-hydroxylation sites is 1. The summed E-state index contributed by atoms with van der Waals surface area (Å²) in [6.07, 6.45) is 2.35. The van der Waals surface area contributed by atoms with Crippen LogP contribution in [0.4, 0.5) is 5.69 Å². The lowest BCUT2D eigenvalue weighted by atomic mass is 10.1. The number of amides is 1. The number of hydrogen-bond acceptors (Lipinski definition) is 5. The van der Waals surface area contributed by atoms with Crippen molar-refractivity contribution < 1.29 is 14.3 Å². The Balaban J connectivity index is 1.50. The van der Waals surface area contributed by atoms with Crippen molar-refractivity contribution in [1.82, 2.24) is 15.2 Å². The SMILES string of the molecule is COc1cccc(C(=O)Nc2ccc(-c3n[nH]c(C4CC4)n3)cc2)c1OC. The van der Waals surface area contributed by atoms with Gasteiger partial charge in [0.15, 0.2) is 17.3 Å². The Hall–Kier alpha value is -3.35. The number of methoxy groups -OCH3 is 2. The van der Waals surface area contributed by atoms with Gasteiger partial charge < -0.3 is 14.8 Å². The zero-order valence-corrected chi connectivity index (χ0v) is 15.2. The molecule has 0 unspecified atom stereocenters. The van der Waals surface area contributed by atoms with Crippen LogP contribution in [0.2, 0.25) is 0 Å². The maximum Gasteiger partial charge on any atom is 0.259 e. The molecular weight excluding hydrogens is 344 g/mol. The van der Waals surface area contributed by atoms with Crippen LogP contribution in [0.1, 0.15) is 34.9 Å². The minimum Gasteiger partial charge on any atom is -0.493 e. The summed E-state index contributed by atoms with van der Waals surface area (Å²) in [7, 11) is 3.05. The predicted octanol–water partition coefficient (Wildman–Crippen LogP) is 3.62. The predicted molar refractivity (Wildman–Crippen MR) is 101 cm³/mol. The molecule has 1 saturated carbocycles. The Morgan fingerprint density at radius 2 is 1.89 bits per heavy atom. The number of benzene rings is 2. The number of hydrogen-bond donors (Lipinski definition) is 2. The van der Waals surface area contributed by atoms with Gasteiger partial charge in [-0.2, -0.15) is 5.10 Å². The Kier molecular flexibility index (Phi) is 4.50. The van der Waals surface area contributed by atoms with Gasteiger partial charge in [0.2, 0.25) is 0 Å². The lowest BCUT2D eigenvalue weighted by molar-refractivity contribution is 0.102. The highest BCUT2D eigenvalue weighted by molar-refractivity contribution is 6.06. The number of aromatic amines is 1. The topological polar surface area (TPSA) is 89.1 Å². The molecular formula is C20H20N4O3. The summed E-state index contributed by atoms with van der Waals surface area (Å²) in [6.45, 7) is 0. The Morgan fingerprint density at radius 1 is 1.11 bits per heavy atom. The van der Waals surface area contributed by atoms with E-state index in [0.29, 0.717) is 34.5 Å². The summed E-state index contributed by atoms with van der Waals surface area (Å²) in [5, 5.41) is 10.1. The van der Waals surface area contributed by atoms with Crippen molar-refractivity contribution in [3.05, 3.63) is 53.9 Å². The number of anilines is 1. The molecule has 1 aliphatic carbocycles. The highest BCUT2D eigenvalue weighted by Crippen LogP contribution is 2.38. The van der Waals surface area contributed by atoms with Crippen LogP contribution in [0.15, 0.2) is 42.5 Å². The summed E-state index contributed by atoms with van der Waals surface area (Å²) >= 11 is 0. The number of nitrogens with one attached hydrogen (secondary N) is 2. The smallest absolute Gasteiger partial charge is 0.259 e. The second-order valence-corrected chi connectivity index (χ2v) is 6.39. The van der Waals surface area contributed by atoms with Gasteiger partial charge in [0.1, 0.15) is 5.82 Å². The van der Waals surface area contributed by atoms with Gasteiger partial charge in [0.25, 0.3) is 5.91 Å². The van der Waals surface area contributed by atoms with Crippen LogP contribution in [-0.4, -0.2) is 35.3 Å². The average molecular weight is 364 g/mol. The van der Waals surface area contributed by atoms with E-state index in [2.05, 4.69) is 20.5 Å². The van der Waals surface area contributed by atoms with E-state index in [9.17, 15) is 4.79 Å². The number of H-pyrrole nitrogens is 1. The molecule has 7 nitrogen and oxygen atoms in total. The van der Waals surface area contributed by atoms with Crippen molar-refractivity contribution in [3.63, 3.8) is 0 Å². The van der Waals surface area contributed by atoms with Gasteiger partial charge in [-0.1, -0.05) is 6.07 Å². The van der Waals surface area contributed by atoms with E-state index in [-0.39, 0.29) is 5.91 Å². The number of rotatable bonds is 6. The first-order valence-corrected chi connectivity index (χ1v) is 8.74. The summed E-state index contributed by atoms with van der Waals surface area (Å²) in [5.74, 6) is 2.80. The Labute approximate surface area is 156 Å². The van der Waals surface area contributed by atoms with Crippen LogP contribution in [0.5, 0.6) is 11.5 Å². The third-order valence-corrected chi connectivity index (χ3v) is 4.52. The van der Waals surface area contributed by atoms with Crippen molar-refractivity contribution in [3.8, 4) is 22.9 Å². The van der Waals surface area contributed by atoms with Crippen molar-refractivity contribution in [2.45, 2.75) is 18.8 Å². The van der Waals surface area contributed by atoms with E-state index in [0.717, 1.165) is 11.4 Å². The third kappa shape index (κ3) is 3.48. The molecule has 1 fully saturated rings. The minimum atomic E-state index is -0.271. The normalized spacial score (nSPS) is 13.3. The maximum atomic E-state index is 12.6. The molecule has 0 radical (unpaired) electrons. The van der Waals surface area contributed by atoms with Crippen molar-refractivity contribution >= 4 is 11.6 Å². The van der Waals surface area contributed by atoms with Gasteiger partial charge in [-0.15, -0.1) is 0 Å². The third-order valence-electron chi connectivity index (χ3n) is 4.52. The fourth-order valence-corrected chi connectivity index (χ4v) is 2.91. The minimum absolute atomic E-state index is 0.271. The van der Waals surface area contributed by atoms with Crippen LogP contribution in [0, 0.1) is 0 Å². The molecule has 1 aromatic heterocycles. The number of carbonyl (C=O) groups excluding carboxylic acids is 1. The van der Waals surface area contributed by atoms with Gasteiger partial charge in [0.05, 0.1) is 19.8 Å². The molecule has 2 N–H and O–H groups in total. The highest BCUT2D eigenvalue weighted by atomic mass is 16.5. The zero-order chi connectivity index (χ0) is 18.8. The quantitative estimate of drug-likeness (QED) is 0.697. The van der Waals surface area contributed by atoms with E-state index >= 15 is 0 Å². The van der Waals surface area contributed by atoms with Gasteiger partial charge in [-0.3, -0.25) is 9.89 Å². The van der Waals surface area contributed by atoms with Crippen molar-refractivity contribution in [2.75, 3.05) is 19.5 Å². The van der Waals surface area contributed by atoms with Gasteiger partial charge in [0, 0.05) is 17.2 Å². The summed E-state index contributed by atoms with van der Waals surface area (Å²) in [6, 6.07) is 12.6. The standard InChI is InChI=1S/C20H20N4O3/c1-26-16-5-3-4-15(17(16)27-2)20(25)21-14-10-8-13(9-11-14)19-22-18(23-24-19)12-6-7-12/h3-5,8-12H,6-7H2,1-2H3,(H,21,25)(H,22,23,24). The molecule has 3 aromatic rings. The molecule has 7 heteroatoms. The summed E-state index contributed by atoms with van der Waals surface area (Å²) < 4.78 is 10.6. The molecule has 4 rings (SSSR count). The fraction of sp³-hybridized carbons (Fsp3) is 0.250. The fourth-order valence-electron chi connectivity index (χ4n) is 2.91. The lowest BCUT2D eigenvalue weighted by Crippen LogP contribution is -2.13. The average Bonchev–Trinajstić information content (AvgIpc) is 3.44. The molecule has 1 aliphatic rings. The monoisotopic (exact) mass is 364 g/mol. The molecule has 1 amide bonds. The van der Waals surface area contributed by atoms with Gasteiger partial charge >= 0.3 is 0 Å². The highest BCUT2D eigenvalue weighted by Gasteiger charge is 2.27. The first-order valence-electron chi connectivity index (χ1n) is 8.74. The largest absolute Gasteiger partial charge is 0.493 e. The van der Waals surface area contributed by atoms with E-state index in [4.69, 9.17) is 9.47 Å². The molecule has 0 aliphatic heterocycles. The second kappa shape index (κ2) is 7.11. The number of nitrogens with zero attached hydrogens (tertiary/aromatic N) is 2. The molecule has 0 spiro atoms. The number of carbonyl (C=O) groups is 1. The van der Waals surface area contributed by atoms with Crippen LogP contribution in [-0.2, 0) is 0 Å². The van der Waals surface area contributed by atoms with Crippen molar-refractivity contribution in [1.29, 1.82) is 0 Å². The zero-order valence-electron chi connectivity index (χ0n) is 15.2. The van der Waals surface area contributed by atoms with Crippen LogP contribution >= 0.6 is 0 Å². The van der Waals surface area contributed by atoms with Crippen LogP contribution in [0.25, 0.3) is 11.4 Å². The van der Waals surface area contributed by atoms with E-state index in [1.54, 1.807) is 18.2 Å². The molecule has 138 valence electrons. The van der Waals surface area contributed by atoms with Gasteiger partial charge in [-0.25, -0.2) is 4.98 Å². The molecule has 2 aromatic carbocycles. The Bertz CT molecular complexity index is 962. The Morgan fingerprint density at radius 3 is 2.56 bits per heavy atom. The first-order chi connectivity index (χ1) is 13.2. The maximum absolute atomic E-state index is 12.6. The molecule has 27 heavy (non-hydrogen) atoms. The van der Waals surface area contributed by atoms with E-state index in [1.165, 1.54) is 27.1 Å². The summed E-state index contributed by atoms with van der Waals surface area (Å²) in [5.41, 5.74) is 1.98. The van der Waals surface area contributed by atoms with E-state index < -0.39 is 0 Å². The second-order valence-electron chi connectivity index (χ2n) is 6.39. The first kappa shape index (κ1) is 17.1. The van der Waals surface area contributed by atoms with Crippen LogP contribution in [0.3, 0.4) is 0 Å². The molecule has 0 atom stereocenters. The molecule has 1 heterocycles. The molecule has 0 bridgehead atoms. The summed E-state index contributed by atoms with van der Waals surface area (Å²) in [4.78, 5) is 17.2. The number of aromatic nitrogens is 3. The van der Waals surface area contributed by atoms with Crippen LogP contribution < -0.4 is 14.8 Å². The van der Waals surface area contributed by atoms with Gasteiger partial charge in [-0.05, 0) is 49.2 Å². The number of ether oxygens (including phenoxy) is 2.